The third kappa shape index (κ3) is 3.12. The highest BCUT2D eigenvalue weighted by Gasteiger charge is 2.05. The van der Waals surface area contributed by atoms with Gasteiger partial charge in [0.05, 0.1) is 27.9 Å². The van der Waals surface area contributed by atoms with Crippen molar-refractivity contribution in [1.82, 2.24) is 0 Å². The van der Waals surface area contributed by atoms with E-state index in [0.717, 1.165) is 0 Å². The van der Waals surface area contributed by atoms with Crippen LogP contribution in [0.5, 0.6) is 0 Å². The van der Waals surface area contributed by atoms with Gasteiger partial charge in [-0.3, -0.25) is 0 Å². The van der Waals surface area contributed by atoms with Crippen LogP contribution in [0.15, 0.2) is 22.3 Å². The predicted octanol–water partition coefficient (Wildman–Crippen LogP) is 1.47. The minimum Gasteiger partial charge on any atom is -0.369 e. The van der Waals surface area contributed by atoms with Gasteiger partial charge in [0.15, 0.2) is 0 Å². The number of benzene rings is 1. The van der Waals surface area contributed by atoms with Crippen molar-refractivity contribution in [3.8, 4) is 6.07 Å². The first-order valence-electron chi connectivity index (χ1n) is 4.05. The molecule has 0 aliphatic heterocycles. The Hall–Kier alpha value is -1.77. The molecule has 0 amide bonds. The highest BCUT2D eigenvalue weighted by Crippen LogP contribution is 2.24. The van der Waals surface area contributed by atoms with Crippen LogP contribution in [0.1, 0.15) is 11.1 Å². The highest BCUT2D eigenvalue weighted by atomic mass is 35.5. The molecule has 0 unspecified atom stereocenters. The van der Waals surface area contributed by atoms with E-state index in [1.807, 2.05) is 6.07 Å². The summed E-state index contributed by atoms with van der Waals surface area (Å²) in [5.41, 5.74) is 11.0. The summed E-state index contributed by atoms with van der Waals surface area (Å²) in [5.74, 6) is -0.169. The van der Waals surface area contributed by atoms with E-state index in [1.54, 1.807) is 0 Å². The molecule has 1 aromatic carbocycles. The first-order chi connectivity index (χ1) is 7.54. The van der Waals surface area contributed by atoms with Crippen LogP contribution in [-0.2, 0) is 0 Å². The van der Waals surface area contributed by atoms with Crippen molar-refractivity contribution in [2.24, 2.45) is 21.7 Å². The lowest BCUT2D eigenvalue weighted by molar-refractivity contribution is 1.21. The molecule has 5 nitrogen and oxygen atoms in total. The number of halogens is 2. The minimum atomic E-state index is -0.169. The normalized spacial score (nSPS) is 10.1. The number of nitriles is 1. The zero-order valence-electron chi connectivity index (χ0n) is 7.98. The van der Waals surface area contributed by atoms with E-state index in [4.69, 9.17) is 39.9 Å². The molecular weight excluding hydrogens is 249 g/mol. The summed E-state index contributed by atoms with van der Waals surface area (Å²) in [6.07, 6.45) is 1.31. The van der Waals surface area contributed by atoms with Crippen LogP contribution in [-0.4, -0.2) is 12.2 Å². The fraction of sp³-hybridized carbons (Fsp3) is 0. The van der Waals surface area contributed by atoms with Crippen LogP contribution in [0, 0.1) is 11.3 Å². The summed E-state index contributed by atoms with van der Waals surface area (Å²) in [6, 6.07) is 4.88. The Balaban J connectivity index is 3.12. The second-order valence-corrected chi connectivity index (χ2v) is 3.55. The van der Waals surface area contributed by atoms with Crippen LogP contribution in [0.4, 0.5) is 0 Å². The fourth-order valence-corrected chi connectivity index (χ4v) is 1.51. The third-order valence-corrected chi connectivity index (χ3v) is 2.19. The van der Waals surface area contributed by atoms with Crippen LogP contribution in [0.2, 0.25) is 10.0 Å². The van der Waals surface area contributed by atoms with Gasteiger partial charge in [0.2, 0.25) is 5.96 Å². The summed E-state index contributed by atoms with van der Waals surface area (Å²) < 4.78 is 0. The maximum absolute atomic E-state index is 8.67. The monoisotopic (exact) mass is 255 g/mol. The number of rotatable bonds is 2. The lowest BCUT2D eigenvalue weighted by Crippen LogP contribution is -2.21. The smallest absolute Gasteiger partial charge is 0.211 e. The molecule has 1 aromatic rings. The molecule has 0 aliphatic carbocycles. The Morgan fingerprint density at radius 1 is 1.31 bits per heavy atom. The van der Waals surface area contributed by atoms with Crippen molar-refractivity contribution in [1.29, 1.82) is 5.26 Å². The average Bonchev–Trinajstić information content (AvgIpc) is 2.21. The maximum Gasteiger partial charge on any atom is 0.211 e. The lowest BCUT2D eigenvalue weighted by Gasteiger charge is -2.00. The summed E-state index contributed by atoms with van der Waals surface area (Å²) in [6.45, 7) is 0. The summed E-state index contributed by atoms with van der Waals surface area (Å²) in [5, 5.41) is 16.3. The predicted molar refractivity (Wildman–Crippen MR) is 64.6 cm³/mol. The quantitative estimate of drug-likeness (QED) is 0.476. The van der Waals surface area contributed by atoms with Gasteiger partial charge in [0, 0.05) is 5.56 Å². The number of nitrogens with zero attached hydrogens (tertiary/aromatic N) is 3. The molecular formula is C9H7Cl2N5. The van der Waals surface area contributed by atoms with Gasteiger partial charge in [-0.1, -0.05) is 23.2 Å². The van der Waals surface area contributed by atoms with E-state index >= 15 is 0 Å². The molecule has 0 radical (unpaired) electrons. The van der Waals surface area contributed by atoms with E-state index in [2.05, 4.69) is 10.2 Å². The number of nitrogens with two attached hydrogens (primary N) is 2. The molecule has 0 heterocycles. The molecule has 0 saturated heterocycles. The van der Waals surface area contributed by atoms with E-state index in [9.17, 15) is 0 Å². The van der Waals surface area contributed by atoms with Crippen LogP contribution < -0.4 is 11.5 Å². The topological polar surface area (TPSA) is 101 Å². The van der Waals surface area contributed by atoms with Crippen molar-refractivity contribution < 1.29 is 0 Å². The second-order valence-electron chi connectivity index (χ2n) is 2.73. The van der Waals surface area contributed by atoms with Gasteiger partial charge in [0.1, 0.15) is 0 Å². The Morgan fingerprint density at radius 2 is 1.88 bits per heavy atom. The van der Waals surface area contributed by atoms with Crippen LogP contribution in [0.25, 0.3) is 0 Å². The summed E-state index contributed by atoms with van der Waals surface area (Å²) >= 11 is 11.8. The molecule has 82 valence electrons. The van der Waals surface area contributed by atoms with Gasteiger partial charge in [-0.25, -0.2) is 0 Å². The van der Waals surface area contributed by atoms with E-state index in [1.165, 1.54) is 18.3 Å². The largest absolute Gasteiger partial charge is 0.369 e. The second kappa shape index (κ2) is 5.35. The Labute approximate surface area is 102 Å². The molecule has 0 saturated carbocycles. The third-order valence-electron chi connectivity index (χ3n) is 1.57. The van der Waals surface area contributed by atoms with Gasteiger partial charge >= 0.3 is 0 Å². The molecule has 7 heteroatoms. The van der Waals surface area contributed by atoms with E-state index < -0.39 is 0 Å². The Morgan fingerprint density at radius 3 is 2.31 bits per heavy atom. The van der Waals surface area contributed by atoms with Gasteiger partial charge in [-0.05, 0) is 12.1 Å². The number of hydrogen-bond acceptors (Lipinski definition) is 3. The zero-order chi connectivity index (χ0) is 12.1. The van der Waals surface area contributed by atoms with Crippen molar-refractivity contribution >= 4 is 35.4 Å². The van der Waals surface area contributed by atoms with E-state index in [-0.39, 0.29) is 5.96 Å². The molecule has 0 aromatic heterocycles. The van der Waals surface area contributed by atoms with Gasteiger partial charge in [-0.2, -0.15) is 10.4 Å². The van der Waals surface area contributed by atoms with E-state index in [0.29, 0.717) is 21.2 Å². The molecule has 0 spiro atoms. The highest BCUT2D eigenvalue weighted by molar-refractivity contribution is 6.38. The number of hydrogen-bond donors (Lipinski definition) is 2. The van der Waals surface area contributed by atoms with Gasteiger partial charge < -0.3 is 11.5 Å². The lowest BCUT2D eigenvalue weighted by atomic mass is 10.1. The van der Waals surface area contributed by atoms with Crippen molar-refractivity contribution in [2.45, 2.75) is 0 Å². The SMILES string of the molecule is N#Cc1cc(Cl)c(C=NN=C(N)N)c(Cl)c1. The molecule has 0 aliphatic rings. The Bertz CT molecular complexity index is 474. The van der Waals surface area contributed by atoms with Crippen molar-refractivity contribution in [2.75, 3.05) is 0 Å². The fourth-order valence-electron chi connectivity index (χ4n) is 0.925. The number of guanidine groups is 1. The molecule has 1 rings (SSSR count). The molecule has 4 N–H and O–H groups in total. The molecule has 16 heavy (non-hydrogen) atoms. The zero-order valence-corrected chi connectivity index (χ0v) is 9.50. The van der Waals surface area contributed by atoms with Crippen LogP contribution >= 0.6 is 23.2 Å². The molecule has 0 bridgehead atoms. The maximum atomic E-state index is 8.67. The minimum absolute atomic E-state index is 0.169. The van der Waals surface area contributed by atoms with Crippen molar-refractivity contribution in [3.05, 3.63) is 33.3 Å². The summed E-state index contributed by atoms with van der Waals surface area (Å²) in [7, 11) is 0. The average molecular weight is 256 g/mol. The van der Waals surface area contributed by atoms with Gasteiger partial charge in [-0.15, -0.1) is 5.10 Å². The van der Waals surface area contributed by atoms with Crippen LogP contribution in [0.3, 0.4) is 0 Å². The Kier molecular flexibility index (Phi) is 4.11. The van der Waals surface area contributed by atoms with Crippen molar-refractivity contribution in [3.63, 3.8) is 0 Å². The van der Waals surface area contributed by atoms with Gasteiger partial charge in [0.25, 0.3) is 0 Å². The molecule has 0 fully saturated rings. The summed E-state index contributed by atoms with van der Waals surface area (Å²) in [4.78, 5) is 0. The first kappa shape index (κ1) is 12.3. The first-order valence-corrected chi connectivity index (χ1v) is 4.81. The molecule has 0 atom stereocenters. The standard InChI is InChI=1S/C9H7Cl2N5/c10-7-1-5(3-12)2-8(11)6(7)4-15-16-9(13)14/h1-2,4H,(H4,13,14,16).